The van der Waals surface area contributed by atoms with Gasteiger partial charge in [-0.2, -0.15) is 0 Å². The number of carbonyl (C=O) groups is 1. The van der Waals surface area contributed by atoms with Crippen molar-refractivity contribution in [1.82, 2.24) is 5.32 Å². The molecule has 1 amide bonds. The monoisotopic (exact) mass is 245 g/mol. The van der Waals surface area contributed by atoms with Crippen molar-refractivity contribution in [2.24, 2.45) is 0 Å². The number of hydrogen-bond donors (Lipinski definition) is 2. The molecule has 4 nitrogen and oxygen atoms in total. The van der Waals surface area contributed by atoms with Crippen LogP contribution in [0.4, 0.5) is 8.78 Å². The molecule has 1 rings (SSSR count). The SMILES string of the molecule is COc1cccc(C(=O)NCC(O)C(F)F)c1. The molecule has 1 unspecified atom stereocenters. The molecule has 1 atom stereocenters. The summed E-state index contributed by atoms with van der Waals surface area (Å²) in [6.45, 7) is -0.492. The second kappa shape index (κ2) is 6.15. The van der Waals surface area contributed by atoms with Crippen molar-refractivity contribution in [2.45, 2.75) is 12.5 Å². The molecule has 0 spiro atoms. The number of carbonyl (C=O) groups excluding carboxylic acids is 1. The summed E-state index contributed by atoms with van der Waals surface area (Å²) in [5.74, 6) is -0.0457. The first-order chi connectivity index (χ1) is 8.04. The van der Waals surface area contributed by atoms with Gasteiger partial charge in [0.2, 0.25) is 0 Å². The van der Waals surface area contributed by atoms with E-state index in [0.717, 1.165) is 0 Å². The summed E-state index contributed by atoms with van der Waals surface area (Å²) in [5.41, 5.74) is 0.283. The van der Waals surface area contributed by atoms with Crippen LogP contribution in [0.2, 0.25) is 0 Å². The summed E-state index contributed by atoms with van der Waals surface area (Å²) < 4.78 is 28.9. The first-order valence-electron chi connectivity index (χ1n) is 4.93. The zero-order valence-electron chi connectivity index (χ0n) is 9.19. The standard InChI is InChI=1S/C11H13F2NO3/c1-17-8-4-2-3-7(5-8)11(16)14-6-9(15)10(12)13/h2-5,9-10,15H,6H2,1H3,(H,14,16). The van der Waals surface area contributed by atoms with Gasteiger partial charge >= 0.3 is 0 Å². The summed E-state index contributed by atoms with van der Waals surface area (Å²) in [5, 5.41) is 11.0. The van der Waals surface area contributed by atoms with E-state index in [0.29, 0.717) is 5.75 Å². The van der Waals surface area contributed by atoms with Crippen LogP contribution in [0.1, 0.15) is 10.4 Å². The van der Waals surface area contributed by atoms with E-state index < -0.39 is 25.0 Å². The zero-order valence-corrected chi connectivity index (χ0v) is 9.19. The molecule has 1 aromatic rings. The van der Waals surface area contributed by atoms with E-state index in [9.17, 15) is 13.6 Å². The number of benzene rings is 1. The normalized spacial score (nSPS) is 12.3. The topological polar surface area (TPSA) is 58.6 Å². The Labute approximate surface area is 97.2 Å². The summed E-state index contributed by atoms with van der Waals surface area (Å²) >= 11 is 0. The Morgan fingerprint density at radius 1 is 1.53 bits per heavy atom. The first-order valence-corrected chi connectivity index (χ1v) is 4.93. The second-order valence-corrected chi connectivity index (χ2v) is 3.34. The number of alkyl halides is 2. The molecule has 94 valence electrons. The van der Waals surface area contributed by atoms with Crippen molar-refractivity contribution in [3.63, 3.8) is 0 Å². The molecule has 0 aliphatic heterocycles. The van der Waals surface area contributed by atoms with Crippen molar-refractivity contribution in [3.8, 4) is 5.75 Å². The van der Waals surface area contributed by atoms with E-state index in [-0.39, 0.29) is 5.56 Å². The minimum Gasteiger partial charge on any atom is -0.497 e. The largest absolute Gasteiger partial charge is 0.497 e. The molecule has 0 radical (unpaired) electrons. The number of halogens is 2. The van der Waals surface area contributed by atoms with Gasteiger partial charge in [-0.3, -0.25) is 4.79 Å². The number of amides is 1. The number of rotatable bonds is 5. The van der Waals surface area contributed by atoms with Crippen LogP contribution in [-0.2, 0) is 0 Å². The van der Waals surface area contributed by atoms with Crippen molar-refractivity contribution in [2.75, 3.05) is 13.7 Å². The van der Waals surface area contributed by atoms with Gasteiger partial charge in [-0.1, -0.05) is 6.07 Å². The molecule has 0 fully saturated rings. The Hall–Kier alpha value is -1.69. The first kappa shape index (κ1) is 13.4. The van der Waals surface area contributed by atoms with E-state index in [1.165, 1.54) is 19.2 Å². The molecule has 0 aromatic heterocycles. The Morgan fingerprint density at radius 2 is 2.24 bits per heavy atom. The number of aliphatic hydroxyl groups is 1. The van der Waals surface area contributed by atoms with Gasteiger partial charge in [-0.15, -0.1) is 0 Å². The fourth-order valence-corrected chi connectivity index (χ4v) is 1.15. The Bertz CT molecular complexity index is 385. The zero-order chi connectivity index (χ0) is 12.8. The minimum absolute atomic E-state index is 0.283. The Balaban J connectivity index is 2.57. The molecular weight excluding hydrogens is 232 g/mol. The van der Waals surface area contributed by atoms with Gasteiger partial charge in [0, 0.05) is 12.1 Å². The Morgan fingerprint density at radius 3 is 2.82 bits per heavy atom. The van der Waals surface area contributed by atoms with Crippen molar-refractivity contribution in [1.29, 1.82) is 0 Å². The molecule has 0 saturated carbocycles. The molecule has 6 heteroatoms. The van der Waals surface area contributed by atoms with Gasteiger partial charge in [0.1, 0.15) is 11.9 Å². The lowest BCUT2D eigenvalue weighted by atomic mass is 10.2. The predicted molar refractivity (Wildman–Crippen MR) is 57.3 cm³/mol. The number of ether oxygens (including phenoxy) is 1. The maximum absolute atomic E-state index is 12.0. The quantitative estimate of drug-likeness (QED) is 0.815. The molecule has 0 heterocycles. The van der Waals surface area contributed by atoms with Gasteiger partial charge in [0.15, 0.2) is 0 Å². The third-order valence-corrected chi connectivity index (χ3v) is 2.09. The summed E-state index contributed by atoms with van der Waals surface area (Å²) in [7, 11) is 1.46. The maximum atomic E-state index is 12.0. The number of methoxy groups -OCH3 is 1. The van der Waals surface area contributed by atoms with Crippen LogP contribution >= 0.6 is 0 Å². The smallest absolute Gasteiger partial charge is 0.265 e. The highest BCUT2D eigenvalue weighted by Crippen LogP contribution is 2.12. The van der Waals surface area contributed by atoms with E-state index >= 15 is 0 Å². The fraction of sp³-hybridized carbons (Fsp3) is 0.364. The average molecular weight is 245 g/mol. The molecule has 2 N–H and O–H groups in total. The Kier molecular flexibility index (Phi) is 4.84. The van der Waals surface area contributed by atoms with Crippen molar-refractivity contribution < 1.29 is 23.4 Å². The van der Waals surface area contributed by atoms with Gasteiger partial charge in [0.25, 0.3) is 12.3 Å². The highest BCUT2D eigenvalue weighted by molar-refractivity contribution is 5.94. The molecule has 0 aliphatic carbocycles. The third-order valence-electron chi connectivity index (χ3n) is 2.09. The molecule has 0 bridgehead atoms. The lowest BCUT2D eigenvalue weighted by Crippen LogP contribution is -2.35. The average Bonchev–Trinajstić information content (AvgIpc) is 2.35. The maximum Gasteiger partial charge on any atom is 0.265 e. The summed E-state index contributed by atoms with van der Waals surface area (Å²) in [6, 6.07) is 6.26. The van der Waals surface area contributed by atoms with Gasteiger partial charge in [0.05, 0.1) is 7.11 Å². The van der Waals surface area contributed by atoms with Crippen LogP contribution in [0.15, 0.2) is 24.3 Å². The third kappa shape index (κ3) is 3.99. The lowest BCUT2D eigenvalue weighted by Gasteiger charge is -2.11. The van der Waals surface area contributed by atoms with Crippen LogP contribution in [0, 0.1) is 0 Å². The van der Waals surface area contributed by atoms with E-state index in [2.05, 4.69) is 5.32 Å². The van der Waals surface area contributed by atoms with E-state index in [1.807, 2.05) is 0 Å². The molecule has 0 saturated heterocycles. The minimum atomic E-state index is -2.87. The van der Waals surface area contributed by atoms with Crippen LogP contribution < -0.4 is 10.1 Å². The summed E-state index contributed by atoms with van der Waals surface area (Å²) in [6.07, 6.45) is -4.73. The molecule has 0 aliphatic rings. The number of hydrogen-bond acceptors (Lipinski definition) is 3. The van der Waals surface area contributed by atoms with Crippen LogP contribution in [-0.4, -0.2) is 37.2 Å². The number of nitrogens with one attached hydrogen (secondary N) is 1. The number of aliphatic hydroxyl groups excluding tert-OH is 1. The predicted octanol–water partition coefficient (Wildman–Crippen LogP) is 1.05. The van der Waals surface area contributed by atoms with E-state index in [1.54, 1.807) is 12.1 Å². The van der Waals surface area contributed by atoms with Crippen LogP contribution in [0.3, 0.4) is 0 Å². The molecular formula is C11H13F2NO3. The highest BCUT2D eigenvalue weighted by Gasteiger charge is 2.17. The fourth-order valence-electron chi connectivity index (χ4n) is 1.15. The second-order valence-electron chi connectivity index (χ2n) is 3.34. The highest BCUT2D eigenvalue weighted by atomic mass is 19.3. The molecule has 17 heavy (non-hydrogen) atoms. The summed E-state index contributed by atoms with van der Waals surface area (Å²) in [4.78, 5) is 11.5. The van der Waals surface area contributed by atoms with Crippen LogP contribution in [0.25, 0.3) is 0 Å². The lowest BCUT2D eigenvalue weighted by molar-refractivity contribution is -0.00270. The van der Waals surface area contributed by atoms with Gasteiger partial charge in [-0.25, -0.2) is 8.78 Å². The van der Waals surface area contributed by atoms with Crippen molar-refractivity contribution in [3.05, 3.63) is 29.8 Å². The van der Waals surface area contributed by atoms with Crippen LogP contribution in [0.5, 0.6) is 5.75 Å². The van der Waals surface area contributed by atoms with Gasteiger partial charge < -0.3 is 15.2 Å². The van der Waals surface area contributed by atoms with E-state index in [4.69, 9.17) is 9.84 Å². The van der Waals surface area contributed by atoms with Crippen molar-refractivity contribution >= 4 is 5.91 Å². The molecule has 1 aromatic carbocycles. The van der Waals surface area contributed by atoms with Gasteiger partial charge in [-0.05, 0) is 18.2 Å².